The van der Waals surface area contributed by atoms with Crippen molar-refractivity contribution in [3.63, 3.8) is 0 Å². The molecule has 0 aliphatic rings. The van der Waals surface area contributed by atoms with E-state index in [-0.39, 0.29) is 27.7 Å². The number of imidazole rings is 1. The molecule has 3 aromatic heterocycles. The van der Waals surface area contributed by atoms with Gasteiger partial charge >= 0.3 is 0 Å². The molecule has 0 fully saturated rings. The molecule has 4 rings (SSSR count). The number of hydroxylamine groups is 1. The van der Waals surface area contributed by atoms with Crippen LogP contribution in [0.5, 0.6) is 0 Å². The number of hydrogen-bond acceptors (Lipinski definition) is 8. The van der Waals surface area contributed by atoms with Crippen molar-refractivity contribution in [2.45, 2.75) is 6.42 Å². The van der Waals surface area contributed by atoms with Crippen LogP contribution in [0.3, 0.4) is 0 Å². The van der Waals surface area contributed by atoms with Gasteiger partial charge in [0.05, 0.1) is 15.7 Å². The summed E-state index contributed by atoms with van der Waals surface area (Å²) in [6, 6.07) is 7.60. The van der Waals surface area contributed by atoms with E-state index >= 15 is 0 Å². The maximum Gasteiger partial charge on any atom is 0.252 e. The smallest absolute Gasteiger partial charge is 0.252 e. The van der Waals surface area contributed by atoms with Crippen LogP contribution in [0.1, 0.15) is 22.5 Å². The van der Waals surface area contributed by atoms with Gasteiger partial charge < -0.3 is 15.0 Å². The molecule has 1 aromatic carbocycles. The highest BCUT2D eigenvalue weighted by molar-refractivity contribution is 9.10. The second kappa shape index (κ2) is 10.2. The highest BCUT2D eigenvalue weighted by Gasteiger charge is 2.16. The zero-order chi connectivity index (χ0) is 23.2. The number of hydrogen-bond donors (Lipinski definition) is 4. The average Bonchev–Trinajstić information content (AvgIpc) is 3.48. The second-order valence-corrected chi connectivity index (χ2v) is 7.63. The molecule has 0 radical (unpaired) electrons. The number of amidine groups is 1. The molecule has 0 unspecified atom stereocenters. The van der Waals surface area contributed by atoms with E-state index < -0.39 is 5.82 Å². The number of carbonyl (C=O) groups is 1. The number of carbonyl (C=O) groups excluding carboxylic acids is 1. The predicted octanol–water partition coefficient (Wildman–Crippen LogP) is 2.91. The van der Waals surface area contributed by atoms with Gasteiger partial charge in [-0.15, -0.1) is 0 Å². The number of fused-ring (bicyclic) bond motifs is 1. The third-order valence-electron chi connectivity index (χ3n) is 4.55. The molecular weight excluding hydrogens is 499 g/mol. The fraction of sp³-hybridized carbons (Fsp3) is 0.150. The van der Waals surface area contributed by atoms with Gasteiger partial charge in [0.1, 0.15) is 11.5 Å². The number of anilines is 1. The van der Waals surface area contributed by atoms with Crippen LogP contribution in [0, 0.1) is 5.82 Å². The first-order valence-electron chi connectivity index (χ1n) is 9.76. The monoisotopic (exact) mass is 516 g/mol. The fourth-order valence-corrected chi connectivity index (χ4v) is 3.29. The molecule has 0 saturated carbocycles. The van der Waals surface area contributed by atoms with Gasteiger partial charge in [-0.3, -0.25) is 15.5 Å². The number of aromatic nitrogens is 4. The van der Waals surface area contributed by atoms with Crippen LogP contribution in [0.15, 0.2) is 63.0 Å². The number of aliphatic imine (C=N–C) groups is 1. The van der Waals surface area contributed by atoms with Gasteiger partial charge in [-0.05, 0) is 63.0 Å². The molecule has 1 amide bonds. The van der Waals surface area contributed by atoms with Crippen LogP contribution in [0.2, 0.25) is 0 Å². The Hall–Kier alpha value is -3.84. The molecule has 0 spiro atoms. The minimum absolute atomic E-state index is 0.0412. The number of rotatable bonds is 8. The van der Waals surface area contributed by atoms with Crippen molar-refractivity contribution in [2.24, 2.45) is 4.99 Å². The maximum atomic E-state index is 13.4. The lowest BCUT2D eigenvalue weighted by molar-refractivity contribution is 0.0953. The number of nitrogens with zero attached hydrogens (tertiary/aromatic N) is 5. The number of benzene rings is 1. The topological polar surface area (TPSA) is 142 Å². The second-order valence-electron chi connectivity index (χ2n) is 6.78. The summed E-state index contributed by atoms with van der Waals surface area (Å²) in [6.07, 6.45) is 5.73. The normalized spacial score (nSPS) is 11.5. The summed E-state index contributed by atoms with van der Waals surface area (Å²) >= 11 is 3.08. The van der Waals surface area contributed by atoms with Crippen molar-refractivity contribution in [1.29, 1.82) is 0 Å². The van der Waals surface area contributed by atoms with Crippen LogP contribution in [-0.4, -0.2) is 49.7 Å². The number of pyridine rings is 1. The molecule has 0 saturated heterocycles. The van der Waals surface area contributed by atoms with Gasteiger partial charge in [0.25, 0.3) is 5.91 Å². The Morgan fingerprint density at radius 1 is 1.24 bits per heavy atom. The largest absolute Gasteiger partial charge is 0.365 e. The van der Waals surface area contributed by atoms with Crippen molar-refractivity contribution in [3.05, 3.63) is 70.5 Å². The van der Waals surface area contributed by atoms with E-state index in [4.69, 9.17) is 4.63 Å². The van der Waals surface area contributed by atoms with E-state index in [0.717, 1.165) is 5.65 Å². The highest BCUT2D eigenvalue weighted by atomic mass is 79.9. The summed E-state index contributed by atoms with van der Waals surface area (Å²) < 4.78 is 20.2. The molecule has 0 aliphatic heterocycles. The van der Waals surface area contributed by atoms with Gasteiger partial charge in [-0.25, -0.2) is 19.0 Å². The summed E-state index contributed by atoms with van der Waals surface area (Å²) in [5.74, 6) is -0.431. The first kappa shape index (κ1) is 22.4. The van der Waals surface area contributed by atoms with E-state index in [1.165, 1.54) is 18.2 Å². The quantitative estimate of drug-likeness (QED) is 0.121. The lowest BCUT2D eigenvalue weighted by Gasteiger charge is -2.07. The third kappa shape index (κ3) is 5.32. The van der Waals surface area contributed by atoms with E-state index in [0.29, 0.717) is 30.8 Å². The van der Waals surface area contributed by atoms with Crippen molar-refractivity contribution < 1.29 is 19.0 Å². The van der Waals surface area contributed by atoms with Crippen molar-refractivity contribution in [1.82, 2.24) is 30.5 Å². The summed E-state index contributed by atoms with van der Waals surface area (Å²) in [6.45, 7) is 0.847. The number of nitrogens with one attached hydrogen (secondary N) is 3. The van der Waals surface area contributed by atoms with E-state index in [2.05, 4.69) is 46.9 Å². The SMILES string of the molecule is O=C(NCCCNc1nonc1C(=Nc1ccc(F)c(Br)c1)NO)c1ccc2nccn2c1. The van der Waals surface area contributed by atoms with E-state index in [1.807, 2.05) is 5.48 Å². The summed E-state index contributed by atoms with van der Waals surface area (Å²) in [7, 11) is 0. The average molecular weight is 517 g/mol. The lowest BCUT2D eigenvalue weighted by atomic mass is 10.2. The number of halogens is 2. The van der Waals surface area contributed by atoms with Gasteiger partial charge in [-0.1, -0.05) is 0 Å². The first-order chi connectivity index (χ1) is 16.0. The lowest BCUT2D eigenvalue weighted by Crippen LogP contribution is -2.26. The Balaban J connectivity index is 1.31. The third-order valence-corrected chi connectivity index (χ3v) is 5.15. The van der Waals surface area contributed by atoms with E-state index in [9.17, 15) is 14.4 Å². The molecular formula is C20H18BrFN8O3. The molecule has 33 heavy (non-hydrogen) atoms. The Morgan fingerprint density at radius 3 is 2.94 bits per heavy atom. The zero-order valence-corrected chi connectivity index (χ0v) is 18.6. The summed E-state index contributed by atoms with van der Waals surface area (Å²) in [5.41, 5.74) is 3.74. The predicted molar refractivity (Wildman–Crippen MR) is 120 cm³/mol. The molecule has 170 valence electrons. The van der Waals surface area contributed by atoms with Crippen LogP contribution in [-0.2, 0) is 0 Å². The van der Waals surface area contributed by atoms with Crippen molar-refractivity contribution in [2.75, 3.05) is 18.4 Å². The minimum atomic E-state index is -0.438. The standard InChI is InChI=1S/C20H18BrFN8O3/c21-14-10-13(3-4-15(14)22)26-19(27-32)17-18(29-33-28-17)24-6-1-7-25-20(31)12-2-5-16-23-8-9-30(16)11-12/h2-5,8-11,32H,1,6-7H2,(H,24,29)(H,25,31)(H,26,27). The summed E-state index contributed by atoms with van der Waals surface area (Å²) in [5, 5.41) is 22.9. The Bertz CT molecular complexity index is 1310. The van der Waals surface area contributed by atoms with Gasteiger partial charge in [-0.2, -0.15) is 0 Å². The highest BCUT2D eigenvalue weighted by Crippen LogP contribution is 2.23. The van der Waals surface area contributed by atoms with E-state index in [1.54, 1.807) is 35.1 Å². The van der Waals surface area contributed by atoms with Gasteiger partial charge in [0, 0.05) is 31.7 Å². The molecule has 0 atom stereocenters. The fourth-order valence-electron chi connectivity index (χ4n) is 2.93. The number of amides is 1. The van der Waals surface area contributed by atoms with Crippen LogP contribution in [0.4, 0.5) is 15.9 Å². The molecule has 4 N–H and O–H groups in total. The first-order valence-corrected chi connectivity index (χ1v) is 10.6. The minimum Gasteiger partial charge on any atom is -0.365 e. The molecule has 0 bridgehead atoms. The molecule has 0 aliphatic carbocycles. The van der Waals surface area contributed by atoms with Crippen molar-refractivity contribution >= 4 is 44.8 Å². The Kier molecular flexibility index (Phi) is 6.90. The van der Waals surface area contributed by atoms with Crippen molar-refractivity contribution in [3.8, 4) is 0 Å². The van der Waals surface area contributed by atoms with Crippen LogP contribution >= 0.6 is 15.9 Å². The maximum absolute atomic E-state index is 13.4. The summed E-state index contributed by atoms with van der Waals surface area (Å²) in [4.78, 5) is 20.7. The van der Waals surface area contributed by atoms with Crippen LogP contribution < -0.4 is 16.1 Å². The van der Waals surface area contributed by atoms with Gasteiger partial charge in [0.2, 0.25) is 5.82 Å². The zero-order valence-electron chi connectivity index (χ0n) is 17.0. The Morgan fingerprint density at radius 2 is 2.12 bits per heavy atom. The molecule has 13 heteroatoms. The molecule has 3 heterocycles. The van der Waals surface area contributed by atoms with Gasteiger partial charge in [0.15, 0.2) is 11.5 Å². The Labute approximate surface area is 194 Å². The molecule has 11 nitrogen and oxygen atoms in total. The van der Waals surface area contributed by atoms with Crippen LogP contribution in [0.25, 0.3) is 5.65 Å². The molecule has 4 aromatic rings.